The van der Waals surface area contributed by atoms with Crippen molar-refractivity contribution in [2.45, 2.75) is 43.1 Å². The van der Waals surface area contributed by atoms with E-state index in [2.05, 4.69) is 6.07 Å². The van der Waals surface area contributed by atoms with Crippen molar-refractivity contribution in [3.8, 4) is 0 Å². The first-order valence-electron chi connectivity index (χ1n) is 6.15. The van der Waals surface area contributed by atoms with Gasteiger partial charge >= 0.3 is 0 Å². The van der Waals surface area contributed by atoms with Crippen LogP contribution in [-0.2, 0) is 11.3 Å². The Hall–Kier alpha value is -0.250. The second-order valence-corrected chi connectivity index (χ2v) is 7.97. The van der Waals surface area contributed by atoms with E-state index < -0.39 is 9.75 Å². The van der Waals surface area contributed by atoms with Crippen molar-refractivity contribution in [2.24, 2.45) is 5.41 Å². The van der Waals surface area contributed by atoms with Crippen LogP contribution in [0.25, 0.3) is 0 Å². The van der Waals surface area contributed by atoms with Crippen molar-refractivity contribution in [3.05, 3.63) is 22.4 Å². The van der Waals surface area contributed by atoms with Crippen molar-refractivity contribution in [3.63, 3.8) is 0 Å². The quantitative estimate of drug-likeness (QED) is 0.774. The normalized spacial score (nSPS) is 29.1. The number of carbonyl (C=O) groups is 1. The summed E-state index contributed by atoms with van der Waals surface area (Å²) in [5.74, 6) is 0.114. The van der Waals surface area contributed by atoms with Crippen molar-refractivity contribution >= 4 is 40.4 Å². The smallest absolute Gasteiger partial charge is 0.232 e. The molecule has 2 fully saturated rings. The van der Waals surface area contributed by atoms with Crippen LogP contribution in [0.3, 0.4) is 0 Å². The van der Waals surface area contributed by atoms with Gasteiger partial charge in [-0.05, 0) is 37.6 Å². The summed E-state index contributed by atoms with van der Waals surface area (Å²) < 4.78 is -0.868. The highest BCUT2D eigenvalue weighted by Gasteiger charge is 2.69. The highest BCUT2D eigenvalue weighted by molar-refractivity contribution is 7.09. The van der Waals surface area contributed by atoms with E-state index in [9.17, 15) is 4.79 Å². The van der Waals surface area contributed by atoms with Gasteiger partial charge in [0.2, 0.25) is 5.91 Å². The number of alkyl halides is 2. The number of carbonyl (C=O) groups excluding carboxylic acids is 1. The summed E-state index contributed by atoms with van der Waals surface area (Å²) in [5, 5.41) is 2.04. The first kappa shape index (κ1) is 12.8. The number of rotatable bonds is 4. The lowest BCUT2D eigenvalue weighted by molar-refractivity contribution is -0.137. The van der Waals surface area contributed by atoms with Crippen molar-refractivity contribution in [1.82, 2.24) is 4.90 Å². The monoisotopic (exact) mass is 303 g/mol. The van der Waals surface area contributed by atoms with Crippen LogP contribution in [0.5, 0.6) is 0 Å². The molecule has 1 amide bonds. The van der Waals surface area contributed by atoms with Gasteiger partial charge in [-0.25, -0.2) is 0 Å². The zero-order valence-corrected chi connectivity index (χ0v) is 12.5. The van der Waals surface area contributed by atoms with Crippen LogP contribution >= 0.6 is 34.5 Å². The molecule has 2 nitrogen and oxygen atoms in total. The number of hydrogen-bond donors (Lipinski definition) is 0. The van der Waals surface area contributed by atoms with Gasteiger partial charge in [-0.3, -0.25) is 4.79 Å². The van der Waals surface area contributed by atoms with Gasteiger partial charge < -0.3 is 4.90 Å². The zero-order valence-electron chi connectivity index (χ0n) is 10.2. The molecule has 5 heteroatoms. The summed E-state index contributed by atoms with van der Waals surface area (Å²) >= 11 is 13.9. The molecule has 0 spiro atoms. The van der Waals surface area contributed by atoms with Crippen molar-refractivity contribution < 1.29 is 4.79 Å². The molecule has 0 aromatic carbocycles. The number of nitrogens with zero attached hydrogens (tertiary/aromatic N) is 1. The molecular formula is C13H15Cl2NOS. The number of halogens is 2. The highest BCUT2D eigenvalue weighted by Crippen LogP contribution is 2.65. The van der Waals surface area contributed by atoms with Gasteiger partial charge in [0.05, 0.1) is 12.0 Å². The minimum absolute atomic E-state index is 0.114. The molecule has 2 saturated carbocycles. The van der Waals surface area contributed by atoms with Gasteiger partial charge in [0, 0.05) is 10.9 Å². The lowest BCUT2D eigenvalue weighted by Crippen LogP contribution is -2.39. The Morgan fingerprint density at radius 2 is 2.22 bits per heavy atom. The summed E-state index contributed by atoms with van der Waals surface area (Å²) in [7, 11) is 0. The van der Waals surface area contributed by atoms with Crippen LogP contribution in [0.15, 0.2) is 17.5 Å². The molecule has 0 aliphatic heterocycles. The lowest BCUT2D eigenvalue weighted by Gasteiger charge is -2.26. The number of amides is 1. The molecular weight excluding hydrogens is 289 g/mol. The molecule has 18 heavy (non-hydrogen) atoms. The van der Waals surface area contributed by atoms with Gasteiger partial charge in [0.15, 0.2) is 0 Å². The molecule has 1 aromatic rings. The van der Waals surface area contributed by atoms with Gasteiger partial charge in [0.1, 0.15) is 4.33 Å². The molecule has 2 aliphatic rings. The molecule has 98 valence electrons. The highest BCUT2D eigenvalue weighted by atomic mass is 35.5. The molecule has 1 heterocycles. The summed E-state index contributed by atoms with van der Waals surface area (Å²) in [5.41, 5.74) is -0.587. The van der Waals surface area contributed by atoms with Crippen LogP contribution in [0, 0.1) is 5.41 Å². The zero-order chi connectivity index (χ0) is 13.0. The first-order chi connectivity index (χ1) is 8.44. The second kappa shape index (κ2) is 4.12. The van der Waals surface area contributed by atoms with E-state index in [-0.39, 0.29) is 5.91 Å². The van der Waals surface area contributed by atoms with E-state index in [0.29, 0.717) is 19.0 Å². The summed E-state index contributed by atoms with van der Waals surface area (Å²) in [6.45, 7) is 2.57. The van der Waals surface area contributed by atoms with Gasteiger partial charge in [0.25, 0.3) is 0 Å². The molecule has 0 radical (unpaired) electrons. The maximum absolute atomic E-state index is 12.6. The maximum Gasteiger partial charge on any atom is 0.232 e. The summed E-state index contributed by atoms with van der Waals surface area (Å²) in [6.07, 6.45) is 2.77. The average Bonchev–Trinajstić information content (AvgIpc) is 3.15. The Balaban J connectivity index is 1.77. The average molecular weight is 304 g/mol. The Kier molecular flexibility index (Phi) is 2.92. The standard InChI is InChI=1S/C13H15Cl2NOS/c1-12(8-13(12,14)15)11(17)16(9-4-5-9)7-10-3-2-6-18-10/h2-3,6,9H,4-5,7-8H2,1H3. The second-order valence-electron chi connectivity index (χ2n) is 5.46. The van der Waals surface area contributed by atoms with Crippen molar-refractivity contribution in [1.29, 1.82) is 0 Å². The minimum Gasteiger partial charge on any atom is -0.334 e. The predicted octanol–water partition coefficient (Wildman–Crippen LogP) is 3.82. The minimum atomic E-state index is -0.868. The van der Waals surface area contributed by atoms with E-state index in [1.807, 2.05) is 23.3 Å². The Morgan fingerprint density at radius 3 is 2.67 bits per heavy atom. The molecule has 0 N–H and O–H groups in total. The third-order valence-corrected chi connectivity index (χ3v) is 5.85. The van der Waals surface area contributed by atoms with Gasteiger partial charge in [-0.1, -0.05) is 6.07 Å². The summed E-state index contributed by atoms with van der Waals surface area (Å²) in [4.78, 5) is 15.8. The predicted molar refractivity (Wildman–Crippen MR) is 75.1 cm³/mol. The molecule has 3 rings (SSSR count). The van der Waals surface area contributed by atoms with Crippen LogP contribution in [0.2, 0.25) is 0 Å². The van der Waals surface area contributed by atoms with E-state index in [0.717, 1.165) is 12.8 Å². The number of thiophene rings is 1. The fourth-order valence-corrected chi connectivity index (χ4v) is 3.67. The molecule has 2 aliphatic carbocycles. The lowest BCUT2D eigenvalue weighted by atomic mass is 10.1. The third kappa shape index (κ3) is 2.06. The van der Waals surface area contributed by atoms with E-state index in [1.54, 1.807) is 11.3 Å². The van der Waals surface area contributed by atoms with Crippen LogP contribution in [0.1, 0.15) is 31.1 Å². The molecule has 1 aromatic heterocycles. The Labute approximate surface area is 121 Å². The van der Waals surface area contributed by atoms with Crippen LogP contribution in [0.4, 0.5) is 0 Å². The number of hydrogen-bond acceptors (Lipinski definition) is 2. The topological polar surface area (TPSA) is 20.3 Å². The largest absolute Gasteiger partial charge is 0.334 e. The fraction of sp³-hybridized carbons (Fsp3) is 0.615. The molecule has 1 unspecified atom stereocenters. The Morgan fingerprint density at radius 1 is 1.56 bits per heavy atom. The van der Waals surface area contributed by atoms with Crippen LogP contribution in [-0.4, -0.2) is 21.2 Å². The van der Waals surface area contributed by atoms with E-state index in [1.165, 1.54) is 4.88 Å². The van der Waals surface area contributed by atoms with Gasteiger partial charge in [-0.2, -0.15) is 0 Å². The maximum atomic E-state index is 12.6. The SMILES string of the molecule is CC1(C(=O)N(Cc2cccs2)C2CC2)CC1(Cl)Cl. The molecule has 1 atom stereocenters. The first-order valence-corrected chi connectivity index (χ1v) is 7.79. The molecule has 0 saturated heterocycles. The van der Waals surface area contributed by atoms with E-state index in [4.69, 9.17) is 23.2 Å². The van der Waals surface area contributed by atoms with Crippen LogP contribution < -0.4 is 0 Å². The molecule has 0 bridgehead atoms. The van der Waals surface area contributed by atoms with E-state index >= 15 is 0 Å². The van der Waals surface area contributed by atoms with Crippen molar-refractivity contribution in [2.75, 3.05) is 0 Å². The summed E-state index contributed by atoms with van der Waals surface area (Å²) in [6, 6.07) is 4.47. The fourth-order valence-electron chi connectivity index (χ4n) is 2.27. The third-order valence-electron chi connectivity index (χ3n) is 3.88. The Bertz CT molecular complexity index is 469. The van der Waals surface area contributed by atoms with Gasteiger partial charge in [-0.15, -0.1) is 34.5 Å².